The molecule has 0 aromatic carbocycles. The summed E-state index contributed by atoms with van der Waals surface area (Å²) in [5.74, 6) is 0.716. The third kappa shape index (κ3) is 7.93. The fourth-order valence-corrected chi connectivity index (χ4v) is 2.63. The van der Waals surface area contributed by atoms with Crippen molar-refractivity contribution in [2.75, 3.05) is 13.1 Å². The van der Waals surface area contributed by atoms with E-state index in [2.05, 4.69) is 28.1 Å². The van der Waals surface area contributed by atoms with Gasteiger partial charge in [0.25, 0.3) is 0 Å². The maximum absolute atomic E-state index is 11.9. The summed E-state index contributed by atoms with van der Waals surface area (Å²) in [7, 11) is 0. The number of hydrogen-bond acceptors (Lipinski definition) is 4. The molecule has 6 nitrogen and oxygen atoms in total. The minimum atomic E-state index is -0.728. The van der Waals surface area contributed by atoms with Crippen LogP contribution in [-0.2, 0) is 4.79 Å². The molecule has 0 aromatic rings. The van der Waals surface area contributed by atoms with Crippen LogP contribution in [-0.4, -0.2) is 36.2 Å². The van der Waals surface area contributed by atoms with Gasteiger partial charge in [0.05, 0.1) is 0 Å². The van der Waals surface area contributed by atoms with E-state index in [0.29, 0.717) is 18.7 Å². The molecule has 0 aromatic heterocycles. The number of nitrogens with zero attached hydrogens (tertiary/aromatic N) is 1. The number of carbonyl (C=O) groups is 1. The number of unbranched alkanes of at least 4 members (excludes halogenated alkanes) is 1. The standard InChI is InChI=1S/C21H34N4O2/c1-5-8-9-13-16(4)20(26)23-15-11-10-14-22-19-17(7-3)18(12-6-2)21(27)25-24-19/h7-9,12-13,21,25,27H,5-6,10-11,14-15H2,1-4H3,(H,22,24)(H,23,26)/b9-8-,16-13+,17-7+,18-12+. The van der Waals surface area contributed by atoms with Crippen LogP contribution in [0.1, 0.15) is 53.4 Å². The molecule has 1 unspecified atom stereocenters. The molecule has 1 saturated heterocycles. The Hall–Kier alpha value is -2.18. The van der Waals surface area contributed by atoms with E-state index in [1.165, 1.54) is 0 Å². The lowest BCUT2D eigenvalue weighted by atomic mass is 10.0. The highest BCUT2D eigenvalue weighted by Crippen LogP contribution is 2.18. The molecule has 0 aliphatic carbocycles. The lowest BCUT2D eigenvalue weighted by Gasteiger charge is -2.28. The monoisotopic (exact) mass is 374 g/mol. The lowest BCUT2D eigenvalue weighted by molar-refractivity contribution is -0.117. The van der Waals surface area contributed by atoms with Crippen molar-refractivity contribution < 1.29 is 9.90 Å². The Kier molecular flexibility index (Phi) is 11.1. The minimum Gasteiger partial charge on any atom is -0.373 e. The quantitative estimate of drug-likeness (QED) is 0.284. The molecule has 1 amide bonds. The maximum Gasteiger partial charge on any atom is 0.246 e. The van der Waals surface area contributed by atoms with Crippen molar-refractivity contribution in [1.82, 2.24) is 16.2 Å². The Morgan fingerprint density at radius 3 is 2.74 bits per heavy atom. The highest BCUT2D eigenvalue weighted by molar-refractivity contribution is 6.03. The van der Waals surface area contributed by atoms with Crippen molar-refractivity contribution in [2.45, 2.75) is 59.6 Å². The number of nitrogens with one attached hydrogen (secondary N) is 3. The van der Waals surface area contributed by atoms with E-state index in [1.54, 1.807) is 0 Å². The second kappa shape index (κ2) is 13.1. The van der Waals surface area contributed by atoms with Crippen LogP contribution in [0.5, 0.6) is 0 Å². The van der Waals surface area contributed by atoms with E-state index in [4.69, 9.17) is 0 Å². The number of rotatable bonds is 9. The molecule has 150 valence electrons. The topological polar surface area (TPSA) is 85.8 Å². The molecule has 4 N–H and O–H groups in total. The van der Waals surface area contributed by atoms with Gasteiger partial charge in [0.15, 0.2) is 0 Å². The van der Waals surface area contributed by atoms with Gasteiger partial charge in [-0.2, -0.15) is 0 Å². The molecular weight excluding hydrogens is 340 g/mol. The van der Waals surface area contributed by atoms with E-state index in [0.717, 1.165) is 42.7 Å². The summed E-state index contributed by atoms with van der Waals surface area (Å²) >= 11 is 0. The fourth-order valence-electron chi connectivity index (χ4n) is 2.63. The molecule has 0 spiro atoms. The second-order valence-corrected chi connectivity index (χ2v) is 6.32. The second-order valence-electron chi connectivity index (χ2n) is 6.32. The third-order valence-electron chi connectivity index (χ3n) is 4.12. The molecule has 1 aliphatic rings. The van der Waals surface area contributed by atoms with Gasteiger partial charge in [-0.3, -0.25) is 9.79 Å². The van der Waals surface area contributed by atoms with Crippen molar-refractivity contribution >= 4 is 11.7 Å². The van der Waals surface area contributed by atoms with Crippen LogP contribution in [0.15, 0.2) is 52.1 Å². The summed E-state index contributed by atoms with van der Waals surface area (Å²) in [6, 6.07) is 0. The molecule has 1 atom stereocenters. The predicted molar refractivity (Wildman–Crippen MR) is 112 cm³/mol. The van der Waals surface area contributed by atoms with Gasteiger partial charge in [-0.15, -0.1) is 0 Å². The van der Waals surface area contributed by atoms with Crippen molar-refractivity contribution in [2.24, 2.45) is 4.99 Å². The molecule has 1 rings (SSSR count). The predicted octanol–water partition coefficient (Wildman–Crippen LogP) is 2.90. The first kappa shape index (κ1) is 22.9. The van der Waals surface area contributed by atoms with Crippen LogP contribution >= 0.6 is 0 Å². The number of allylic oxidation sites excluding steroid dienone is 5. The zero-order chi connectivity index (χ0) is 20.1. The molecule has 0 radical (unpaired) electrons. The van der Waals surface area contributed by atoms with Gasteiger partial charge in [-0.05, 0) is 39.5 Å². The van der Waals surface area contributed by atoms with E-state index in [9.17, 15) is 9.90 Å². The molecular formula is C21H34N4O2. The van der Waals surface area contributed by atoms with Gasteiger partial charge < -0.3 is 15.8 Å². The number of aliphatic hydroxyl groups excluding tert-OH is 1. The molecule has 0 saturated carbocycles. The molecule has 1 fully saturated rings. The van der Waals surface area contributed by atoms with Crippen molar-refractivity contribution in [1.29, 1.82) is 0 Å². The number of aliphatic hydroxyl groups is 1. The highest BCUT2D eigenvalue weighted by Gasteiger charge is 2.23. The van der Waals surface area contributed by atoms with Gasteiger partial charge in [0.2, 0.25) is 5.91 Å². The number of hydrogen-bond donors (Lipinski definition) is 4. The van der Waals surface area contributed by atoms with Crippen LogP contribution in [0.3, 0.4) is 0 Å². The van der Waals surface area contributed by atoms with Crippen LogP contribution in [0, 0.1) is 0 Å². The zero-order valence-corrected chi connectivity index (χ0v) is 17.0. The number of aliphatic imine (C=N–C) groups is 1. The van der Waals surface area contributed by atoms with Crippen LogP contribution in [0.25, 0.3) is 0 Å². The summed E-state index contributed by atoms with van der Waals surface area (Å²) in [6.45, 7) is 9.14. The van der Waals surface area contributed by atoms with Gasteiger partial charge in [0.1, 0.15) is 12.1 Å². The van der Waals surface area contributed by atoms with Gasteiger partial charge in [-0.25, -0.2) is 5.43 Å². The van der Waals surface area contributed by atoms with Gasteiger partial charge >= 0.3 is 0 Å². The van der Waals surface area contributed by atoms with Crippen LogP contribution < -0.4 is 16.2 Å². The number of carbonyl (C=O) groups excluding carboxylic acids is 1. The lowest BCUT2D eigenvalue weighted by Crippen LogP contribution is -2.51. The Bertz CT molecular complexity index is 630. The van der Waals surface area contributed by atoms with Crippen molar-refractivity contribution in [3.8, 4) is 0 Å². The fraction of sp³-hybridized carbons (Fsp3) is 0.524. The first-order valence-corrected chi connectivity index (χ1v) is 9.77. The minimum absolute atomic E-state index is 0.0280. The van der Waals surface area contributed by atoms with Crippen molar-refractivity contribution in [3.05, 3.63) is 47.1 Å². The van der Waals surface area contributed by atoms with Crippen LogP contribution in [0.2, 0.25) is 0 Å². The first-order chi connectivity index (χ1) is 13.0. The summed E-state index contributed by atoms with van der Waals surface area (Å²) in [5, 5.41) is 13.0. The summed E-state index contributed by atoms with van der Waals surface area (Å²) in [4.78, 5) is 16.5. The zero-order valence-electron chi connectivity index (χ0n) is 17.0. The number of amidine groups is 1. The van der Waals surface area contributed by atoms with E-state index in [1.807, 2.05) is 51.2 Å². The summed E-state index contributed by atoms with van der Waals surface area (Å²) in [6.07, 6.45) is 12.5. The van der Waals surface area contributed by atoms with E-state index < -0.39 is 6.23 Å². The Morgan fingerprint density at radius 2 is 2.07 bits per heavy atom. The normalized spacial score (nSPS) is 22.6. The number of amides is 1. The Labute approximate surface area is 163 Å². The summed E-state index contributed by atoms with van der Waals surface area (Å²) < 4.78 is 0. The largest absolute Gasteiger partial charge is 0.373 e. The molecule has 6 heteroatoms. The van der Waals surface area contributed by atoms with E-state index >= 15 is 0 Å². The SMILES string of the molecule is C/C=C1/C(=NCCCCNC(=O)/C(C)=C/C=C\CC)NNC(O)/C1=C/CC. The Balaban J connectivity index is 2.42. The van der Waals surface area contributed by atoms with Crippen molar-refractivity contribution in [3.63, 3.8) is 0 Å². The molecule has 1 heterocycles. The highest BCUT2D eigenvalue weighted by atomic mass is 16.3. The van der Waals surface area contributed by atoms with Crippen LogP contribution in [0.4, 0.5) is 0 Å². The Morgan fingerprint density at radius 1 is 1.30 bits per heavy atom. The van der Waals surface area contributed by atoms with Gasteiger partial charge in [0, 0.05) is 29.8 Å². The summed E-state index contributed by atoms with van der Waals surface area (Å²) in [5.41, 5.74) is 8.28. The average Bonchev–Trinajstić information content (AvgIpc) is 2.66. The smallest absolute Gasteiger partial charge is 0.246 e. The number of hydrazine groups is 1. The van der Waals surface area contributed by atoms with E-state index in [-0.39, 0.29) is 5.91 Å². The molecule has 1 aliphatic heterocycles. The average molecular weight is 375 g/mol. The third-order valence-corrected chi connectivity index (χ3v) is 4.12. The molecule has 0 bridgehead atoms. The molecule has 27 heavy (non-hydrogen) atoms. The maximum atomic E-state index is 11.9. The van der Waals surface area contributed by atoms with Gasteiger partial charge in [-0.1, -0.05) is 44.2 Å². The first-order valence-electron chi connectivity index (χ1n) is 9.77.